The SMILES string of the molecule is Cn1cnnc1-c1ccccc1-c1cccc(-c2nc3ccc(F)c(C(F)(F)F)c3[nH]2)c1. The number of imidazole rings is 1. The maximum Gasteiger partial charge on any atom is 0.421 e. The molecule has 9 heteroatoms. The minimum atomic E-state index is -4.84. The van der Waals surface area contributed by atoms with Gasteiger partial charge in [0.05, 0.1) is 11.0 Å². The lowest BCUT2D eigenvalue weighted by atomic mass is 9.97. The lowest BCUT2D eigenvalue weighted by Gasteiger charge is -2.10. The number of fused-ring (bicyclic) bond motifs is 1. The molecule has 2 heterocycles. The molecule has 1 N–H and O–H groups in total. The summed E-state index contributed by atoms with van der Waals surface area (Å²) in [6.45, 7) is 0. The number of hydrogen-bond donors (Lipinski definition) is 1. The Morgan fingerprint density at radius 1 is 0.906 bits per heavy atom. The number of hydrogen-bond acceptors (Lipinski definition) is 3. The van der Waals surface area contributed by atoms with Crippen LogP contribution in [0.15, 0.2) is 67.0 Å². The van der Waals surface area contributed by atoms with Gasteiger partial charge in [0.2, 0.25) is 0 Å². The second-order valence-corrected chi connectivity index (χ2v) is 7.29. The van der Waals surface area contributed by atoms with E-state index in [4.69, 9.17) is 0 Å². The third-order valence-corrected chi connectivity index (χ3v) is 5.22. The number of nitrogens with zero attached hydrogens (tertiary/aromatic N) is 4. The zero-order valence-corrected chi connectivity index (χ0v) is 16.7. The van der Waals surface area contributed by atoms with Crippen LogP contribution in [-0.2, 0) is 13.2 Å². The molecule has 0 aliphatic carbocycles. The van der Waals surface area contributed by atoms with E-state index < -0.39 is 17.6 Å². The first-order valence-electron chi connectivity index (χ1n) is 9.62. The average molecular weight is 437 g/mol. The minimum absolute atomic E-state index is 0.0404. The zero-order valence-electron chi connectivity index (χ0n) is 16.7. The quantitative estimate of drug-likeness (QED) is 0.360. The Balaban J connectivity index is 1.64. The van der Waals surface area contributed by atoms with Crippen molar-refractivity contribution >= 4 is 11.0 Å². The van der Waals surface area contributed by atoms with E-state index in [1.54, 1.807) is 23.0 Å². The molecule has 0 spiro atoms. The van der Waals surface area contributed by atoms with Crippen LogP contribution in [0.2, 0.25) is 0 Å². The summed E-state index contributed by atoms with van der Waals surface area (Å²) < 4.78 is 55.9. The van der Waals surface area contributed by atoms with E-state index in [0.29, 0.717) is 11.4 Å². The first-order valence-corrected chi connectivity index (χ1v) is 9.62. The van der Waals surface area contributed by atoms with Crippen molar-refractivity contribution < 1.29 is 17.6 Å². The van der Waals surface area contributed by atoms with E-state index in [1.807, 2.05) is 43.4 Å². The molecule has 3 aromatic carbocycles. The van der Waals surface area contributed by atoms with Gasteiger partial charge in [-0.25, -0.2) is 9.37 Å². The Hall–Kier alpha value is -4.01. The lowest BCUT2D eigenvalue weighted by Crippen LogP contribution is -2.09. The Labute approximate surface area is 179 Å². The minimum Gasteiger partial charge on any atom is -0.337 e. The van der Waals surface area contributed by atoms with Crippen molar-refractivity contribution in [3.8, 4) is 33.9 Å². The van der Waals surface area contributed by atoms with Gasteiger partial charge in [0.25, 0.3) is 0 Å². The van der Waals surface area contributed by atoms with Crippen LogP contribution in [0.3, 0.4) is 0 Å². The largest absolute Gasteiger partial charge is 0.421 e. The molecule has 2 aromatic heterocycles. The van der Waals surface area contributed by atoms with Crippen molar-refractivity contribution in [3.05, 3.63) is 78.4 Å². The Bertz CT molecular complexity index is 1450. The molecule has 5 rings (SSSR count). The Kier molecular flexibility index (Phi) is 4.54. The van der Waals surface area contributed by atoms with Gasteiger partial charge in [0, 0.05) is 18.2 Å². The third-order valence-electron chi connectivity index (χ3n) is 5.22. The molecule has 0 aliphatic rings. The van der Waals surface area contributed by atoms with Gasteiger partial charge in [-0.1, -0.05) is 42.5 Å². The van der Waals surface area contributed by atoms with Gasteiger partial charge < -0.3 is 9.55 Å². The van der Waals surface area contributed by atoms with E-state index >= 15 is 0 Å². The molecule has 0 aliphatic heterocycles. The third kappa shape index (κ3) is 3.31. The fourth-order valence-electron chi connectivity index (χ4n) is 3.76. The maximum absolute atomic E-state index is 13.9. The topological polar surface area (TPSA) is 59.4 Å². The highest BCUT2D eigenvalue weighted by molar-refractivity contribution is 5.85. The van der Waals surface area contributed by atoms with Crippen molar-refractivity contribution in [3.63, 3.8) is 0 Å². The van der Waals surface area contributed by atoms with Crippen LogP contribution in [0.25, 0.3) is 44.9 Å². The van der Waals surface area contributed by atoms with Gasteiger partial charge in [-0.15, -0.1) is 10.2 Å². The van der Waals surface area contributed by atoms with Crippen LogP contribution in [0, 0.1) is 5.82 Å². The summed E-state index contributed by atoms with van der Waals surface area (Å²) in [6, 6.07) is 16.9. The summed E-state index contributed by atoms with van der Waals surface area (Å²) in [4.78, 5) is 6.93. The number of alkyl halides is 3. The Morgan fingerprint density at radius 3 is 2.38 bits per heavy atom. The number of rotatable bonds is 3. The van der Waals surface area contributed by atoms with Crippen LogP contribution in [0.5, 0.6) is 0 Å². The number of aromatic amines is 1. The molecule has 0 radical (unpaired) electrons. The molecular weight excluding hydrogens is 422 g/mol. The fraction of sp³-hybridized carbons (Fsp3) is 0.0870. The predicted octanol–water partition coefficient (Wildman–Crippen LogP) is 5.85. The molecule has 0 saturated heterocycles. The lowest BCUT2D eigenvalue weighted by molar-refractivity contribution is -0.138. The first kappa shape index (κ1) is 19.9. The zero-order chi connectivity index (χ0) is 22.5. The van der Waals surface area contributed by atoms with E-state index in [9.17, 15) is 17.6 Å². The van der Waals surface area contributed by atoms with Gasteiger partial charge in [0.1, 0.15) is 23.5 Å². The maximum atomic E-state index is 13.9. The van der Waals surface area contributed by atoms with E-state index in [2.05, 4.69) is 20.2 Å². The number of aromatic nitrogens is 5. The van der Waals surface area contributed by atoms with Crippen molar-refractivity contribution in [2.75, 3.05) is 0 Å². The van der Waals surface area contributed by atoms with Crippen molar-refractivity contribution in [2.45, 2.75) is 6.18 Å². The number of aryl methyl sites for hydroxylation is 1. The summed E-state index contributed by atoms with van der Waals surface area (Å²) >= 11 is 0. The molecule has 0 amide bonds. The van der Waals surface area contributed by atoms with Crippen LogP contribution >= 0.6 is 0 Å². The summed E-state index contributed by atoms with van der Waals surface area (Å²) in [5.74, 6) is -0.444. The number of nitrogens with one attached hydrogen (secondary N) is 1. The fourth-order valence-corrected chi connectivity index (χ4v) is 3.76. The van der Waals surface area contributed by atoms with Crippen molar-refractivity contribution in [1.82, 2.24) is 24.7 Å². The highest BCUT2D eigenvalue weighted by atomic mass is 19.4. The van der Waals surface area contributed by atoms with Gasteiger partial charge >= 0.3 is 6.18 Å². The van der Waals surface area contributed by atoms with Gasteiger partial charge in [-0.2, -0.15) is 13.2 Å². The second kappa shape index (κ2) is 7.30. The molecule has 0 bridgehead atoms. The summed E-state index contributed by atoms with van der Waals surface area (Å²) in [7, 11) is 1.84. The van der Waals surface area contributed by atoms with Gasteiger partial charge in [0.15, 0.2) is 5.82 Å². The first-order chi connectivity index (χ1) is 15.3. The molecule has 160 valence electrons. The second-order valence-electron chi connectivity index (χ2n) is 7.29. The molecule has 0 fully saturated rings. The Morgan fingerprint density at radius 2 is 1.66 bits per heavy atom. The van der Waals surface area contributed by atoms with Crippen LogP contribution < -0.4 is 0 Å². The number of halogens is 4. The van der Waals surface area contributed by atoms with E-state index in [1.165, 1.54) is 6.07 Å². The van der Waals surface area contributed by atoms with Gasteiger partial charge in [-0.05, 0) is 29.3 Å². The summed E-state index contributed by atoms with van der Waals surface area (Å²) in [5, 5.41) is 8.11. The van der Waals surface area contributed by atoms with E-state index in [0.717, 1.165) is 22.8 Å². The van der Waals surface area contributed by atoms with E-state index in [-0.39, 0.29) is 16.9 Å². The number of H-pyrrole nitrogens is 1. The summed E-state index contributed by atoms with van der Waals surface area (Å²) in [5.41, 5.74) is 1.44. The monoisotopic (exact) mass is 437 g/mol. The smallest absolute Gasteiger partial charge is 0.337 e. The molecule has 5 nitrogen and oxygen atoms in total. The average Bonchev–Trinajstić information content (AvgIpc) is 3.39. The van der Waals surface area contributed by atoms with Crippen molar-refractivity contribution in [1.29, 1.82) is 0 Å². The number of benzene rings is 3. The normalized spacial score (nSPS) is 11.9. The van der Waals surface area contributed by atoms with Crippen molar-refractivity contribution in [2.24, 2.45) is 7.05 Å². The molecule has 0 atom stereocenters. The highest BCUT2D eigenvalue weighted by Crippen LogP contribution is 2.38. The van der Waals surface area contributed by atoms with Crippen LogP contribution in [0.4, 0.5) is 17.6 Å². The molecule has 0 unspecified atom stereocenters. The molecule has 5 aromatic rings. The van der Waals surface area contributed by atoms with Crippen LogP contribution in [-0.4, -0.2) is 24.7 Å². The molecule has 32 heavy (non-hydrogen) atoms. The van der Waals surface area contributed by atoms with Crippen LogP contribution in [0.1, 0.15) is 5.56 Å². The van der Waals surface area contributed by atoms with Gasteiger partial charge in [-0.3, -0.25) is 0 Å². The highest BCUT2D eigenvalue weighted by Gasteiger charge is 2.37. The summed E-state index contributed by atoms with van der Waals surface area (Å²) in [6.07, 6.45) is -3.24. The predicted molar refractivity (Wildman–Crippen MR) is 112 cm³/mol. The standard InChI is InChI=1S/C23H15F4N5/c1-32-12-28-31-22(32)16-8-3-2-7-15(16)13-5-4-6-14(11-13)21-29-18-10-9-17(24)19(20(18)30-21)23(25,26)27/h2-12H,1H3,(H,29,30). The molecule has 0 saturated carbocycles. The molecular formula is C23H15F4N5.